The van der Waals surface area contributed by atoms with Gasteiger partial charge in [-0.3, -0.25) is 9.89 Å². The van der Waals surface area contributed by atoms with Crippen molar-refractivity contribution >= 4 is 12.0 Å². The molecule has 1 aromatic carbocycles. The van der Waals surface area contributed by atoms with Crippen LogP contribution in [0.1, 0.15) is 17.2 Å². The van der Waals surface area contributed by atoms with E-state index in [9.17, 15) is 0 Å². The summed E-state index contributed by atoms with van der Waals surface area (Å²) in [5, 5.41) is 11.7. The van der Waals surface area contributed by atoms with E-state index in [4.69, 9.17) is 0 Å². The Hall–Kier alpha value is -2.67. The highest BCUT2D eigenvalue weighted by Crippen LogP contribution is 2.05. The summed E-state index contributed by atoms with van der Waals surface area (Å²) in [6.07, 6.45) is 4.43. The number of benzene rings is 1. The predicted molar refractivity (Wildman–Crippen MR) is 109 cm³/mol. The molecule has 1 aliphatic rings. The van der Waals surface area contributed by atoms with Gasteiger partial charge in [-0.05, 0) is 12.5 Å². The first-order chi connectivity index (χ1) is 13.2. The van der Waals surface area contributed by atoms with Crippen LogP contribution in [-0.2, 0) is 13.6 Å². The van der Waals surface area contributed by atoms with Crippen molar-refractivity contribution in [1.82, 2.24) is 29.9 Å². The Morgan fingerprint density at radius 3 is 2.52 bits per heavy atom. The lowest BCUT2D eigenvalue weighted by Gasteiger charge is -2.36. The zero-order valence-electron chi connectivity index (χ0n) is 16.5. The lowest BCUT2D eigenvalue weighted by atomic mass is 10.2. The molecule has 0 saturated carbocycles. The molecule has 0 spiro atoms. The minimum atomic E-state index is 0.629. The van der Waals surface area contributed by atoms with E-state index in [2.05, 4.69) is 66.7 Å². The van der Waals surface area contributed by atoms with Crippen LogP contribution in [0.2, 0.25) is 0 Å². The summed E-state index contributed by atoms with van der Waals surface area (Å²) in [4.78, 5) is 9.21. The maximum absolute atomic E-state index is 4.43. The third-order valence-electron chi connectivity index (χ3n) is 4.94. The van der Waals surface area contributed by atoms with Gasteiger partial charge in [-0.15, -0.1) is 10.2 Å². The fourth-order valence-electron chi connectivity index (χ4n) is 3.14. The third kappa shape index (κ3) is 5.17. The van der Waals surface area contributed by atoms with Gasteiger partial charge >= 0.3 is 0 Å². The minimum Gasteiger partial charge on any atom is -0.349 e. The van der Waals surface area contributed by atoms with E-state index >= 15 is 0 Å². The highest BCUT2D eigenvalue weighted by Gasteiger charge is 2.19. The molecule has 2 heterocycles. The number of aromatic nitrogens is 3. The minimum absolute atomic E-state index is 0.629. The van der Waals surface area contributed by atoms with Crippen molar-refractivity contribution in [1.29, 1.82) is 0 Å². The molecule has 0 bridgehead atoms. The molecule has 144 valence electrons. The zero-order valence-corrected chi connectivity index (χ0v) is 16.5. The fraction of sp³-hybridized carbons (Fsp3) is 0.450. The first-order valence-electron chi connectivity index (χ1n) is 9.42. The summed E-state index contributed by atoms with van der Waals surface area (Å²) in [6.45, 7) is 7.56. The number of hydrogen-bond donors (Lipinski definition) is 1. The van der Waals surface area contributed by atoms with Crippen molar-refractivity contribution in [2.24, 2.45) is 12.0 Å². The second-order valence-corrected chi connectivity index (χ2v) is 6.72. The van der Waals surface area contributed by atoms with Crippen LogP contribution in [0.5, 0.6) is 0 Å². The van der Waals surface area contributed by atoms with E-state index in [-0.39, 0.29) is 0 Å². The molecule has 1 fully saturated rings. The molecule has 27 heavy (non-hydrogen) atoms. The maximum atomic E-state index is 4.43. The fourth-order valence-corrected chi connectivity index (χ4v) is 3.14. The molecular formula is C20H29N7. The summed E-state index contributed by atoms with van der Waals surface area (Å²) in [5.74, 6) is 2.76. The molecule has 1 aromatic heterocycles. The van der Waals surface area contributed by atoms with Crippen molar-refractivity contribution in [2.45, 2.75) is 13.5 Å². The van der Waals surface area contributed by atoms with Crippen LogP contribution in [0.4, 0.5) is 0 Å². The van der Waals surface area contributed by atoms with Gasteiger partial charge in [-0.1, -0.05) is 42.5 Å². The first-order valence-corrected chi connectivity index (χ1v) is 9.42. The zero-order chi connectivity index (χ0) is 19.1. The normalized spacial score (nSPS) is 16.3. The molecule has 7 nitrogen and oxygen atoms in total. The molecule has 1 aliphatic heterocycles. The molecule has 7 heteroatoms. The average molecular weight is 368 g/mol. The molecule has 0 amide bonds. The number of aliphatic imine (C=N–C) groups is 1. The van der Waals surface area contributed by atoms with Gasteiger partial charge in [0, 0.05) is 46.8 Å². The summed E-state index contributed by atoms with van der Waals surface area (Å²) < 4.78 is 2.00. The van der Waals surface area contributed by atoms with E-state index in [1.54, 1.807) is 0 Å². The van der Waals surface area contributed by atoms with Crippen LogP contribution >= 0.6 is 0 Å². The Morgan fingerprint density at radius 1 is 1.15 bits per heavy atom. The molecule has 0 aliphatic carbocycles. The van der Waals surface area contributed by atoms with E-state index in [1.165, 1.54) is 5.56 Å². The lowest BCUT2D eigenvalue weighted by molar-refractivity contribution is 0.194. The molecule has 3 rings (SSSR count). The number of aryl methyl sites for hydroxylation is 1. The van der Waals surface area contributed by atoms with Gasteiger partial charge in [0.15, 0.2) is 11.8 Å². The SMILES string of the molecule is CN=C(NCc1nnc(C)n1C)N1CCN(C/C=C/c2ccccc2)CC1. The molecule has 1 N–H and O–H groups in total. The van der Waals surface area contributed by atoms with Crippen LogP contribution in [-0.4, -0.2) is 70.3 Å². The van der Waals surface area contributed by atoms with Gasteiger partial charge in [0.2, 0.25) is 0 Å². The van der Waals surface area contributed by atoms with Crippen molar-refractivity contribution in [3.8, 4) is 0 Å². The smallest absolute Gasteiger partial charge is 0.194 e. The maximum Gasteiger partial charge on any atom is 0.194 e. The molecular weight excluding hydrogens is 338 g/mol. The van der Waals surface area contributed by atoms with Crippen LogP contribution in [0.3, 0.4) is 0 Å². The highest BCUT2D eigenvalue weighted by atomic mass is 15.4. The van der Waals surface area contributed by atoms with Gasteiger partial charge in [0.1, 0.15) is 5.82 Å². The Bertz CT molecular complexity index is 771. The predicted octanol–water partition coefficient (Wildman–Crippen LogP) is 1.53. The number of nitrogens with one attached hydrogen (secondary N) is 1. The molecule has 0 unspecified atom stereocenters. The first kappa shape index (κ1) is 19.1. The van der Waals surface area contributed by atoms with Crippen molar-refractivity contribution in [3.05, 3.63) is 53.6 Å². The number of rotatable bonds is 5. The van der Waals surface area contributed by atoms with Crippen molar-refractivity contribution in [2.75, 3.05) is 39.8 Å². The van der Waals surface area contributed by atoms with Gasteiger partial charge in [0.25, 0.3) is 0 Å². The summed E-state index contributed by atoms with van der Waals surface area (Å²) >= 11 is 0. The Labute approximate surface area is 161 Å². The second kappa shape index (κ2) is 9.32. The van der Waals surface area contributed by atoms with E-state index in [0.29, 0.717) is 6.54 Å². The third-order valence-corrected chi connectivity index (χ3v) is 4.94. The largest absolute Gasteiger partial charge is 0.349 e. The van der Waals surface area contributed by atoms with E-state index in [1.807, 2.05) is 31.7 Å². The molecule has 0 atom stereocenters. The summed E-state index contributed by atoms with van der Waals surface area (Å²) in [6, 6.07) is 10.4. The van der Waals surface area contributed by atoms with Crippen LogP contribution < -0.4 is 5.32 Å². The Kier molecular flexibility index (Phi) is 6.59. The summed E-state index contributed by atoms with van der Waals surface area (Å²) in [5.41, 5.74) is 1.25. The van der Waals surface area contributed by atoms with Crippen molar-refractivity contribution in [3.63, 3.8) is 0 Å². The van der Waals surface area contributed by atoms with Gasteiger partial charge in [0.05, 0.1) is 6.54 Å². The number of guanidine groups is 1. The average Bonchev–Trinajstić information content (AvgIpc) is 3.02. The molecule has 1 saturated heterocycles. The van der Waals surface area contributed by atoms with Crippen LogP contribution in [0.25, 0.3) is 6.08 Å². The number of hydrogen-bond acceptors (Lipinski definition) is 4. The Balaban J connectivity index is 1.44. The summed E-state index contributed by atoms with van der Waals surface area (Å²) in [7, 11) is 3.82. The quantitative estimate of drug-likeness (QED) is 0.641. The van der Waals surface area contributed by atoms with Gasteiger partial charge < -0.3 is 14.8 Å². The highest BCUT2D eigenvalue weighted by molar-refractivity contribution is 5.79. The standard InChI is InChI=1S/C20H29N7/c1-17-23-24-19(25(17)3)16-22-20(21-2)27-14-12-26(13-15-27)11-7-10-18-8-5-4-6-9-18/h4-10H,11-16H2,1-3H3,(H,21,22)/b10-7+. The topological polar surface area (TPSA) is 61.6 Å². The molecule has 0 radical (unpaired) electrons. The second-order valence-electron chi connectivity index (χ2n) is 6.72. The number of piperazine rings is 1. The number of nitrogens with zero attached hydrogens (tertiary/aromatic N) is 6. The molecule has 2 aromatic rings. The van der Waals surface area contributed by atoms with Crippen LogP contribution in [0.15, 0.2) is 41.4 Å². The Morgan fingerprint density at radius 2 is 1.89 bits per heavy atom. The lowest BCUT2D eigenvalue weighted by Crippen LogP contribution is -2.52. The van der Waals surface area contributed by atoms with Gasteiger partial charge in [-0.2, -0.15) is 0 Å². The van der Waals surface area contributed by atoms with E-state index in [0.717, 1.165) is 50.3 Å². The van der Waals surface area contributed by atoms with Crippen molar-refractivity contribution < 1.29 is 0 Å². The van der Waals surface area contributed by atoms with E-state index < -0.39 is 0 Å². The van der Waals surface area contributed by atoms with Gasteiger partial charge in [-0.25, -0.2) is 0 Å². The monoisotopic (exact) mass is 367 g/mol. The van der Waals surface area contributed by atoms with Crippen LogP contribution in [0, 0.1) is 6.92 Å².